The van der Waals surface area contributed by atoms with Crippen LogP contribution in [0.5, 0.6) is 0 Å². The van der Waals surface area contributed by atoms with E-state index in [9.17, 15) is 12.8 Å². The predicted molar refractivity (Wildman–Crippen MR) is 90.9 cm³/mol. The van der Waals surface area contributed by atoms with Crippen molar-refractivity contribution in [1.29, 1.82) is 0 Å². The average molecular weight is 354 g/mol. The molecule has 24 heavy (non-hydrogen) atoms. The van der Waals surface area contributed by atoms with Crippen LogP contribution in [0, 0.1) is 12.7 Å². The minimum atomic E-state index is -3.82. The molecule has 1 heterocycles. The van der Waals surface area contributed by atoms with Crippen LogP contribution in [-0.2, 0) is 10.0 Å². The van der Waals surface area contributed by atoms with E-state index in [0.29, 0.717) is 6.42 Å². The molecule has 1 unspecified atom stereocenters. The highest BCUT2D eigenvalue weighted by Crippen LogP contribution is 2.19. The number of rotatable bonds is 8. The van der Waals surface area contributed by atoms with E-state index in [4.69, 9.17) is 5.73 Å². The van der Waals surface area contributed by atoms with Crippen LogP contribution in [0.25, 0.3) is 5.69 Å². The maximum Gasteiger partial charge on any atom is 0.240 e. The molecular formula is C16H23FN4O2S. The number of halogens is 1. The monoisotopic (exact) mass is 354 g/mol. The topological polar surface area (TPSA) is 90.0 Å². The van der Waals surface area contributed by atoms with E-state index in [1.54, 1.807) is 12.4 Å². The molecule has 0 spiro atoms. The lowest BCUT2D eigenvalue weighted by atomic mass is 10.1. The molecule has 0 amide bonds. The minimum absolute atomic E-state index is 0.123. The number of nitrogens with two attached hydrogens (primary N) is 1. The van der Waals surface area contributed by atoms with Crippen molar-refractivity contribution in [3.63, 3.8) is 0 Å². The van der Waals surface area contributed by atoms with Crippen molar-refractivity contribution in [1.82, 2.24) is 14.5 Å². The number of nitrogens with one attached hydrogen (secondary N) is 1. The molecular weight excluding hydrogens is 331 g/mol. The van der Waals surface area contributed by atoms with Gasteiger partial charge in [-0.15, -0.1) is 0 Å². The molecule has 0 saturated heterocycles. The molecule has 0 aliphatic rings. The normalized spacial score (nSPS) is 13.2. The van der Waals surface area contributed by atoms with Crippen molar-refractivity contribution in [2.75, 3.05) is 6.54 Å². The summed E-state index contributed by atoms with van der Waals surface area (Å²) in [6.07, 6.45) is 5.74. The molecule has 3 N–H and O–H groups in total. The Morgan fingerprint density at radius 2 is 2.17 bits per heavy atom. The summed E-state index contributed by atoms with van der Waals surface area (Å²) >= 11 is 0. The molecule has 0 radical (unpaired) electrons. The number of unbranched alkanes of at least 4 members (excludes halogenated alkanes) is 1. The van der Waals surface area contributed by atoms with Crippen LogP contribution in [0.1, 0.15) is 31.7 Å². The third kappa shape index (κ3) is 4.40. The van der Waals surface area contributed by atoms with Crippen LogP contribution in [0.3, 0.4) is 0 Å². The summed E-state index contributed by atoms with van der Waals surface area (Å²) in [7, 11) is -3.82. The average Bonchev–Trinajstić information content (AvgIpc) is 2.97. The smallest absolute Gasteiger partial charge is 0.240 e. The van der Waals surface area contributed by atoms with E-state index in [1.165, 1.54) is 16.8 Å². The van der Waals surface area contributed by atoms with Gasteiger partial charge >= 0.3 is 0 Å². The maximum absolute atomic E-state index is 14.3. The van der Waals surface area contributed by atoms with E-state index in [1.807, 2.05) is 13.8 Å². The van der Waals surface area contributed by atoms with Crippen LogP contribution >= 0.6 is 0 Å². The fraction of sp³-hybridized carbons (Fsp3) is 0.438. The molecule has 1 aromatic carbocycles. The van der Waals surface area contributed by atoms with Crippen LogP contribution in [-0.4, -0.2) is 30.8 Å². The zero-order valence-corrected chi connectivity index (χ0v) is 14.7. The van der Waals surface area contributed by atoms with Crippen molar-refractivity contribution in [2.24, 2.45) is 5.73 Å². The van der Waals surface area contributed by atoms with Gasteiger partial charge < -0.3 is 5.73 Å². The quantitative estimate of drug-likeness (QED) is 0.760. The molecule has 0 fully saturated rings. The number of aryl methyl sites for hydroxylation is 1. The second-order valence-corrected chi connectivity index (χ2v) is 7.49. The Balaban J connectivity index is 2.23. The van der Waals surface area contributed by atoms with Crippen molar-refractivity contribution >= 4 is 10.0 Å². The van der Waals surface area contributed by atoms with Gasteiger partial charge in [0, 0.05) is 18.8 Å². The summed E-state index contributed by atoms with van der Waals surface area (Å²) in [4.78, 5) is -0.123. The highest BCUT2D eigenvalue weighted by Gasteiger charge is 2.20. The van der Waals surface area contributed by atoms with Crippen molar-refractivity contribution in [3.8, 4) is 5.69 Å². The molecule has 2 aromatic rings. The van der Waals surface area contributed by atoms with Gasteiger partial charge in [-0.25, -0.2) is 22.2 Å². The fourth-order valence-electron chi connectivity index (χ4n) is 2.35. The Bertz CT molecular complexity index is 789. The minimum Gasteiger partial charge on any atom is -0.329 e. The van der Waals surface area contributed by atoms with Crippen molar-refractivity contribution in [3.05, 3.63) is 42.0 Å². The lowest BCUT2D eigenvalue weighted by molar-refractivity contribution is 0.515. The first-order chi connectivity index (χ1) is 11.4. The van der Waals surface area contributed by atoms with Gasteiger partial charge in [0.15, 0.2) is 0 Å². The second kappa shape index (κ2) is 7.87. The lowest BCUT2D eigenvalue weighted by Gasteiger charge is -2.17. The molecule has 0 aliphatic heterocycles. The van der Waals surface area contributed by atoms with Gasteiger partial charge in [0.2, 0.25) is 10.0 Å². The Kier molecular flexibility index (Phi) is 6.09. The summed E-state index contributed by atoms with van der Waals surface area (Å²) in [6.45, 7) is 4.06. The Labute approximate surface area is 141 Å². The SMILES string of the molecule is CCCCC(CN)NS(=O)(=O)c1ccc(-n2cc(C)cn2)c(F)c1. The van der Waals surface area contributed by atoms with E-state index in [0.717, 1.165) is 24.5 Å². The summed E-state index contributed by atoms with van der Waals surface area (Å²) in [5.74, 6) is -0.654. The lowest BCUT2D eigenvalue weighted by Crippen LogP contribution is -2.40. The number of nitrogens with zero attached hydrogens (tertiary/aromatic N) is 2. The Morgan fingerprint density at radius 1 is 1.42 bits per heavy atom. The first-order valence-electron chi connectivity index (χ1n) is 7.91. The number of hydrogen-bond donors (Lipinski definition) is 2. The van der Waals surface area contributed by atoms with Crippen molar-refractivity contribution < 1.29 is 12.8 Å². The van der Waals surface area contributed by atoms with E-state index < -0.39 is 15.8 Å². The summed E-state index contributed by atoms with van der Waals surface area (Å²) in [5.41, 5.74) is 6.70. The Hall–Kier alpha value is -1.77. The van der Waals surface area contributed by atoms with Crippen LogP contribution in [0.2, 0.25) is 0 Å². The summed E-state index contributed by atoms with van der Waals surface area (Å²) in [5, 5.41) is 4.03. The first-order valence-corrected chi connectivity index (χ1v) is 9.39. The molecule has 8 heteroatoms. The van der Waals surface area contributed by atoms with Crippen LogP contribution < -0.4 is 10.5 Å². The predicted octanol–water partition coefficient (Wildman–Crippen LogP) is 2.12. The highest BCUT2D eigenvalue weighted by atomic mass is 32.2. The van der Waals surface area contributed by atoms with Crippen LogP contribution in [0.15, 0.2) is 35.5 Å². The zero-order valence-electron chi connectivity index (χ0n) is 13.9. The van der Waals surface area contributed by atoms with Gasteiger partial charge in [0.25, 0.3) is 0 Å². The van der Waals surface area contributed by atoms with Gasteiger partial charge in [-0.1, -0.05) is 19.8 Å². The highest BCUT2D eigenvalue weighted by molar-refractivity contribution is 7.89. The largest absolute Gasteiger partial charge is 0.329 e. The van der Waals surface area contributed by atoms with Gasteiger partial charge in [-0.2, -0.15) is 5.10 Å². The number of hydrogen-bond acceptors (Lipinski definition) is 4. The number of aromatic nitrogens is 2. The van der Waals surface area contributed by atoms with Gasteiger partial charge in [-0.05, 0) is 37.1 Å². The molecule has 1 atom stereocenters. The second-order valence-electron chi connectivity index (χ2n) is 5.77. The van der Waals surface area contributed by atoms with Gasteiger partial charge in [0.05, 0.1) is 11.1 Å². The van der Waals surface area contributed by atoms with Crippen LogP contribution in [0.4, 0.5) is 4.39 Å². The Morgan fingerprint density at radius 3 is 2.71 bits per heavy atom. The number of benzene rings is 1. The summed E-state index contributed by atoms with van der Waals surface area (Å²) in [6, 6.07) is 3.42. The standard InChI is InChI=1S/C16H23FN4O2S/c1-3-4-5-13(9-18)20-24(22,23)14-6-7-16(15(17)8-14)21-11-12(2)10-19-21/h6-8,10-11,13,20H,3-5,9,18H2,1-2H3. The van der Waals surface area contributed by atoms with E-state index in [2.05, 4.69) is 9.82 Å². The summed E-state index contributed by atoms with van der Waals surface area (Å²) < 4.78 is 43.1. The molecule has 2 rings (SSSR count). The molecule has 132 valence electrons. The van der Waals surface area contributed by atoms with Gasteiger partial charge in [0.1, 0.15) is 11.5 Å². The van der Waals surface area contributed by atoms with E-state index >= 15 is 0 Å². The number of sulfonamides is 1. The molecule has 1 aromatic heterocycles. The molecule has 6 nitrogen and oxygen atoms in total. The van der Waals surface area contributed by atoms with Gasteiger partial charge in [-0.3, -0.25) is 0 Å². The third-order valence-electron chi connectivity index (χ3n) is 3.70. The van der Waals surface area contributed by atoms with Crippen molar-refractivity contribution in [2.45, 2.75) is 44.0 Å². The molecule has 0 bridgehead atoms. The van der Waals surface area contributed by atoms with E-state index in [-0.39, 0.29) is 23.2 Å². The fourth-order valence-corrected chi connectivity index (χ4v) is 3.64. The zero-order chi connectivity index (χ0) is 17.7. The molecule has 0 saturated carbocycles. The molecule has 0 aliphatic carbocycles. The third-order valence-corrected chi connectivity index (χ3v) is 5.22. The maximum atomic E-state index is 14.3. The first kappa shape index (κ1) is 18.6.